The number of allylic oxidation sites excluding steroid dienone is 12. The van der Waals surface area contributed by atoms with Crippen LogP contribution < -0.4 is 0 Å². The summed E-state index contributed by atoms with van der Waals surface area (Å²) in [6, 6.07) is 0. The number of hydrogen-bond donors (Lipinski definition) is 1. The van der Waals surface area contributed by atoms with Crippen LogP contribution in [-0.2, 0) is 33.3 Å². The van der Waals surface area contributed by atoms with Crippen LogP contribution in [0.25, 0.3) is 0 Å². The van der Waals surface area contributed by atoms with Gasteiger partial charge in [0.05, 0.1) is 34.4 Å². The van der Waals surface area contributed by atoms with Crippen LogP contribution in [-0.4, -0.2) is 87.4 Å². The summed E-state index contributed by atoms with van der Waals surface area (Å²) in [5, 5.41) is 9.74. The first kappa shape index (κ1) is 77.7. The summed E-state index contributed by atoms with van der Waals surface area (Å²) in [6.07, 6.45) is 80.0. The molecule has 2 atom stereocenters. The zero-order valence-corrected chi connectivity index (χ0v) is 53.7. The molecule has 0 aromatic heterocycles. The second kappa shape index (κ2) is 62.8. The molecule has 9 nitrogen and oxygen atoms in total. The molecule has 81 heavy (non-hydrogen) atoms. The first-order valence-corrected chi connectivity index (χ1v) is 34.1. The number of likely N-dealkylation sites (N-methyl/N-ethyl adjacent to an activating group) is 1. The zero-order valence-electron chi connectivity index (χ0n) is 53.7. The fourth-order valence-electron chi connectivity index (χ4n) is 9.74. The number of carbonyl (C=O) groups is 3. The largest absolute Gasteiger partial charge is 0.477 e. The highest BCUT2D eigenvalue weighted by atomic mass is 16.7. The van der Waals surface area contributed by atoms with Crippen molar-refractivity contribution in [1.82, 2.24) is 0 Å². The van der Waals surface area contributed by atoms with Crippen molar-refractivity contribution in [2.24, 2.45) is 0 Å². The van der Waals surface area contributed by atoms with Gasteiger partial charge in [-0.05, 0) is 83.5 Å². The molecule has 0 aliphatic heterocycles. The van der Waals surface area contributed by atoms with Crippen LogP contribution in [0.3, 0.4) is 0 Å². The molecule has 9 heteroatoms. The third-order valence-electron chi connectivity index (χ3n) is 14.9. The number of esters is 2. The van der Waals surface area contributed by atoms with Crippen molar-refractivity contribution in [2.45, 2.75) is 322 Å². The molecule has 0 spiro atoms. The Bertz CT molecular complexity index is 1560. The van der Waals surface area contributed by atoms with E-state index in [0.29, 0.717) is 17.4 Å². The lowest BCUT2D eigenvalue weighted by Crippen LogP contribution is -2.40. The third-order valence-corrected chi connectivity index (χ3v) is 14.9. The highest BCUT2D eigenvalue weighted by molar-refractivity contribution is 5.71. The Morgan fingerprint density at radius 3 is 1.05 bits per heavy atom. The summed E-state index contributed by atoms with van der Waals surface area (Å²) in [6.45, 7) is 4.80. The molecule has 0 aromatic rings. The van der Waals surface area contributed by atoms with Crippen LogP contribution in [0.5, 0.6) is 0 Å². The molecule has 0 saturated heterocycles. The number of carboxylic acids is 1. The molecular weight excluding hydrogens is 1010 g/mol. The predicted molar refractivity (Wildman–Crippen MR) is 346 cm³/mol. The first-order chi connectivity index (χ1) is 39.6. The predicted octanol–water partition coefficient (Wildman–Crippen LogP) is 20.9. The number of nitrogens with zero attached hydrogens (tertiary/aromatic N) is 1. The van der Waals surface area contributed by atoms with Crippen LogP contribution >= 0.6 is 0 Å². The van der Waals surface area contributed by atoms with Crippen LogP contribution in [0.15, 0.2) is 72.9 Å². The Morgan fingerprint density at radius 1 is 0.383 bits per heavy atom. The van der Waals surface area contributed by atoms with Crippen LogP contribution in [0, 0.1) is 0 Å². The lowest BCUT2D eigenvalue weighted by Gasteiger charge is -2.25. The van der Waals surface area contributed by atoms with E-state index in [1.165, 1.54) is 212 Å². The van der Waals surface area contributed by atoms with Gasteiger partial charge in [0.25, 0.3) is 6.29 Å². The minimum Gasteiger partial charge on any atom is -0.477 e. The number of quaternary nitrogens is 1. The zero-order chi connectivity index (χ0) is 59.1. The van der Waals surface area contributed by atoms with Gasteiger partial charge in [-0.2, -0.15) is 0 Å². The number of carbonyl (C=O) groups excluding carboxylic acids is 2. The van der Waals surface area contributed by atoms with Gasteiger partial charge in [0, 0.05) is 12.8 Å². The third kappa shape index (κ3) is 64.1. The summed E-state index contributed by atoms with van der Waals surface area (Å²) in [5.41, 5.74) is 0. The van der Waals surface area contributed by atoms with E-state index in [1.807, 2.05) is 21.1 Å². The molecule has 470 valence electrons. The Labute approximate surface area is 500 Å². The molecule has 1 N–H and O–H groups in total. The first-order valence-electron chi connectivity index (χ1n) is 34.1. The van der Waals surface area contributed by atoms with Crippen LogP contribution in [0.2, 0.25) is 0 Å². The standard InChI is InChI=1S/C72H129NO8/c1-6-8-10-12-14-16-18-20-22-24-26-28-30-32-34-35-37-39-41-43-45-47-49-51-53-55-57-59-61-63-70(75)81-68(67-80-72(71(76)77)78-65-64-73(3,4)5)66-79-69(74)62-60-58-56-54-52-50-48-46-44-42-40-38-36-33-31-29-27-25-23-21-19-17-15-13-11-9-7-2/h8,10,14,16,19-22,25-28,68,72H,6-7,9,11-13,15,17-18,23-24,29-67H2,1-5H3/p+1/b10-8-,16-14-,21-19-,22-20-,27-25-,28-26-. The minimum atomic E-state index is -1.51. The lowest BCUT2D eigenvalue weighted by atomic mass is 10.0. The summed E-state index contributed by atoms with van der Waals surface area (Å²) < 4.78 is 23.0. The second-order valence-corrected chi connectivity index (χ2v) is 24.1. The van der Waals surface area contributed by atoms with Gasteiger partial charge < -0.3 is 28.5 Å². The maximum Gasteiger partial charge on any atom is 0.361 e. The second-order valence-electron chi connectivity index (χ2n) is 24.1. The van der Waals surface area contributed by atoms with E-state index < -0.39 is 24.3 Å². The van der Waals surface area contributed by atoms with E-state index >= 15 is 0 Å². The molecule has 0 aliphatic carbocycles. The Hall–Kier alpha value is -3.27. The average molecular weight is 1140 g/mol. The van der Waals surface area contributed by atoms with Crippen molar-refractivity contribution in [3.05, 3.63) is 72.9 Å². The van der Waals surface area contributed by atoms with E-state index in [9.17, 15) is 19.5 Å². The SMILES string of the molecule is CC/C=C\C/C=C\C/C=C\C/C=C\CCCCCCCCCCCCCCCCCCC(=O)OC(COC(=O)CCCCCCCCCCCCCCCCC/C=C\C/C=C\CCCCCCC)COC(OCC[N+](C)(C)C)C(=O)O. The van der Waals surface area contributed by atoms with Crippen molar-refractivity contribution >= 4 is 17.9 Å². The number of rotatable bonds is 63. The Balaban J connectivity index is 4.11. The molecule has 0 bridgehead atoms. The molecule has 0 heterocycles. The van der Waals surface area contributed by atoms with Gasteiger partial charge in [-0.15, -0.1) is 0 Å². The van der Waals surface area contributed by atoms with Crippen molar-refractivity contribution in [3.8, 4) is 0 Å². The topological polar surface area (TPSA) is 108 Å². The highest BCUT2D eigenvalue weighted by Crippen LogP contribution is 2.18. The minimum absolute atomic E-state index is 0.181. The molecule has 0 saturated carbocycles. The van der Waals surface area contributed by atoms with E-state index in [-0.39, 0.29) is 32.2 Å². The van der Waals surface area contributed by atoms with E-state index in [1.54, 1.807) is 0 Å². The average Bonchev–Trinajstić information content (AvgIpc) is 3.44. The lowest BCUT2D eigenvalue weighted by molar-refractivity contribution is -0.870. The Kier molecular flexibility index (Phi) is 60.2. The van der Waals surface area contributed by atoms with Crippen LogP contribution in [0.1, 0.15) is 309 Å². The number of hydrogen-bond acceptors (Lipinski definition) is 7. The van der Waals surface area contributed by atoms with Gasteiger partial charge in [-0.1, -0.05) is 286 Å². The van der Waals surface area contributed by atoms with Gasteiger partial charge in [0.1, 0.15) is 13.2 Å². The van der Waals surface area contributed by atoms with E-state index in [0.717, 1.165) is 70.6 Å². The molecule has 0 aliphatic rings. The summed E-state index contributed by atoms with van der Waals surface area (Å²) in [5.74, 6) is -1.99. The van der Waals surface area contributed by atoms with Crippen molar-refractivity contribution in [1.29, 1.82) is 0 Å². The fraction of sp³-hybridized carbons (Fsp3) is 0.792. The van der Waals surface area contributed by atoms with Crippen molar-refractivity contribution in [3.63, 3.8) is 0 Å². The summed E-state index contributed by atoms with van der Waals surface area (Å²) >= 11 is 0. The number of unbranched alkanes of at least 4 members (excludes halogenated alkanes) is 36. The van der Waals surface area contributed by atoms with Crippen molar-refractivity contribution < 1.29 is 42.9 Å². The van der Waals surface area contributed by atoms with Gasteiger partial charge >= 0.3 is 17.9 Å². The quantitative estimate of drug-likeness (QED) is 0.0211. The molecule has 0 fully saturated rings. The molecule has 0 aromatic carbocycles. The van der Waals surface area contributed by atoms with Gasteiger partial charge in [0.2, 0.25) is 0 Å². The smallest absolute Gasteiger partial charge is 0.361 e. The molecule has 2 unspecified atom stereocenters. The molecule has 0 rings (SSSR count). The highest BCUT2D eigenvalue weighted by Gasteiger charge is 2.25. The maximum atomic E-state index is 12.9. The summed E-state index contributed by atoms with van der Waals surface area (Å²) in [7, 11) is 5.98. The summed E-state index contributed by atoms with van der Waals surface area (Å²) in [4.78, 5) is 37.6. The normalized spacial score (nSPS) is 13.1. The molecular formula is C72H130NO8+. The number of carboxylic acid groups (broad SMARTS) is 1. The number of ether oxygens (including phenoxy) is 4. The van der Waals surface area contributed by atoms with Gasteiger partial charge in [-0.25, -0.2) is 4.79 Å². The monoisotopic (exact) mass is 1140 g/mol. The maximum absolute atomic E-state index is 12.9. The van der Waals surface area contributed by atoms with Gasteiger partial charge in [0.15, 0.2) is 6.10 Å². The van der Waals surface area contributed by atoms with Gasteiger partial charge in [-0.3, -0.25) is 9.59 Å². The van der Waals surface area contributed by atoms with E-state index in [4.69, 9.17) is 18.9 Å². The number of aliphatic carboxylic acids is 1. The molecule has 0 radical (unpaired) electrons. The van der Waals surface area contributed by atoms with E-state index in [2.05, 4.69) is 86.8 Å². The molecule has 0 amide bonds. The fourth-order valence-corrected chi connectivity index (χ4v) is 9.74. The Morgan fingerprint density at radius 2 is 0.704 bits per heavy atom. The van der Waals surface area contributed by atoms with Crippen molar-refractivity contribution in [2.75, 3.05) is 47.5 Å². The van der Waals surface area contributed by atoms with Crippen LogP contribution in [0.4, 0.5) is 0 Å².